The van der Waals surface area contributed by atoms with Crippen molar-refractivity contribution in [3.05, 3.63) is 105 Å². The zero-order chi connectivity index (χ0) is 31.8. The smallest absolute Gasteiger partial charge is 0.266 e. The molecule has 0 saturated heterocycles. The predicted octanol–water partition coefficient (Wildman–Crippen LogP) is 8.79. The molecule has 6 nitrogen and oxygen atoms in total. The standard InChI is InChI=1S/C38H40N2O4/c1-19(2)23-11-9-12-24(20(3)4)33(23)39-35(41)27-15-17-29-32-30(18-16-28(31(27)32)36(39)42)38(44)40(37(29)43)34-25(21(5)6)13-10-14-26(34)22(7)8/h9-22,35,41H,1-8H3. The zero-order valence-electron chi connectivity index (χ0n) is 26.7. The van der Waals surface area contributed by atoms with Crippen molar-refractivity contribution in [2.45, 2.75) is 85.3 Å². The summed E-state index contributed by atoms with van der Waals surface area (Å²) in [7, 11) is 0. The normalized spacial score (nSPS) is 16.5. The van der Waals surface area contributed by atoms with E-state index in [0.717, 1.165) is 27.9 Å². The fraction of sp³-hybridized carbons (Fsp3) is 0.342. The summed E-state index contributed by atoms with van der Waals surface area (Å²) in [4.78, 5) is 45.8. The largest absolute Gasteiger partial charge is 0.369 e. The monoisotopic (exact) mass is 588 g/mol. The number of aliphatic hydroxyl groups excluding tert-OH is 1. The molecule has 1 unspecified atom stereocenters. The molecule has 0 saturated carbocycles. The molecule has 0 bridgehead atoms. The van der Waals surface area contributed by atoms with E-state index in [1.807, 2.05) is 36.4 Å². The number of amides is 3. The van der Waals surface area contributed by atoms with E-state index in [4.69, 9.17) is 0 Å². The number of aliphatic hydroxyl groups is 1. The molecule has 44 heavy (non-hydrogen) atoms. The lowest BCUT2D eigenvalue weighted by Gasteiger charge is -2.39. The molecule has 0 spiro atoms. The van der Waals surface area contributed by atoms with E-state index in [0.29, 0.717) is 38.7 Å². The van der Waals surface area contributed by atoms with Crippen LogP contribution < -0.4 is 9.80 Å². The Hall–Kier alpha value is -4.29. The summed E-state index contributed by atoms with van der Waals surface area (Å²) >= 11 is 0. The van der Waals surface area contributed by atoms with Crippen LogP contribution in [0.1, 0.15) is 144 Å². The molecule has 1 N–H and O–H groups in total. The molecular weight excluding hydrogens is 548 g/mol. The summed E-state index contributed by atoms with van der Waals surface area (Å²) in [6.07, 6.45) is -1.28. The van der Waals surface area contributed by atoms with Crippen LogP contribution in [0.15, 0.2) is 60.7 Å². The topological polar surface area (TPSA) is 77.9 Å². The maximum atomic E-state index is 14.4. The number of imide groups is 1. The van der Waals surface area contributed by atoms with Gasteiger partial charge >= 0.3 is 0 Å². The minimum Gasteiger partial charge on any atom is -0.369 e. The molecule has 0 fully saturated rings. The van der Waals surface area contributed by atoms with Crippen molar-refractivity contribution in [1.82, 2.24) is 0 Å². The lowest BCUT2D eigenvalue weighted by molar-refractivity contribution is 0.0864. The van der Waals surface area contributed by atoms with Crippen LogP contribution in [0.25, 0.3) is 10.8 Å². The maximum Gasteiger partial charge on any atom is 0.266 e. The van der Waals surface area contributed by atoms with E-state index in [1.165, 1.54) is 9.80 Å². The average molecular weight is 589 g/mol. The second-order valence-corrected chi connectivity index (χ2v) is 13.3. The highest BCUT2D eigenvalue weighted by molar-refractivity contribution is 6.38. The summed E-state index contributed by atoms with van der Waals surface area (Å²) < 4.78 is 0. The lowest BCUT2D eigenvalue weighted by atomic mass is 9.83. The van der Waals surface area contributed by atoms with Gasteiger partial charge in [0.2, 0.25) is 0 Å². The van der Waals surface area contributed by atoms with Crippen LogP contribution in [0.2, 0.25) is 0 Å². The van der Waals surface area contributed by atoms with Gasteiger partial charge in [0.1, 0.15) is 0 Å². The Morgan fingerprint density at radius 3 is 1.34 bits per heavy atom. The average Bonchev–Trinajstić information content (AvgIpc) is 2.98. The van der Waals surface area contributed by atoms with Crippen molar-refractivity contribution in [1.29, 1.82) is 0 Å². The molecule has 2 aliphatic heterocycles. The summed E-state index contributed by atoms with van der Waals surface area (Å²) in [5.41, 5.74) is 6.76. The number of nitrogens with zero attached hydrogens (tertiary/aromatic N) is 2. The third-order valence-electron chi connectivity index (χ3n) is 9.18. The highest BCUT2D eigenvalue weighted by atomic mass is 16.3. The van der Waals surface area contributed by atoms with Gasteiger partial charge in [-0.2, -0.15) is 0 Å². The maximum absolute atomic E-state index is 14.4. The van der Waals surface area contributed by atoms with Crippen LogP contribution in [0.3, 0.4) is 0 Å². The van der Waals surface area contributed by atoms with E-state index in [-0.39, 0.29) is 29.6 Å². The Morgan fingerprint density at radius 1 is 0.523 bits per heavy atom. The van der Waals surface area contributed by atoms with Crippen molar-refractivity contribution in [2.75, 3.05) is 9.80 Å². The first kappa shape index (κ1) is 29.8. The minimum atomic E-state index is -1.28. The van der Waals surface area contributed by atoms with Crippen molar-refractivity contribution in [3.63, 3.8) is 0 Å². The third kappa shape index (κ3) is 4.22. The van der Waals surface area contributed by atoms with Crippen LogP contribution >= 0.6 is 0 Å². The van der Waals surface area contributed by atoms with Crippen molar-refractivity contribution in [2.24, 2.45) is 0 Å². The minimum absolute atomic E-state index is 0.0873. The van der Waals surface area contributed by atoms with Gasteiger partial charge in [-0.05, 0) is 64.1 Å². The molecule has 6 rings (SSSR count). The molecule has 3 amide bonds. The van der Waals surface area contributed by atoms with Gasteiger partial charge in [0.25, 0.3) is 17.7 Å². The Balaban J connectivity index is 1.57. The van der Waals surface area contributed by atoms with E-state index in [9.17, 15) is 19.5 Å². The Bertz CT molecular complexity index is 1790. The lowest BCUT2D eigenvalue weighted by Crippen LogP contribution is -2.43. The van der Waals surface area contributed by atoms with Crippen LogP contribution in [-0.2, 0) is 0 Å². The van der Waals surface area contributed by atoms with Crippen molar-refractivity contribution in [3.8, 4) is 0 Å². The molecule has 6 heteroatoms. The molecule has 2 heterocycles. The van der Waals surface area contributed by atoms with Gasteiger partial charge in [-0.15, -0.1) is 0 Å². The van der Waals surface area contributed by atoms with Crippen LogP contribution in [-0.4, -0.2) is 22.8 Å². The number of hydrogen-bond donors (Lipinski definition) is 1. The van der Waals surface area contributed by atoms with Crippen LogP contribution in [0.5, 0.6) is 0 Å². The van der Waals surface area contributed by atoms with Gasteiger partial charge < -0.3 is 5.11 Å². The second-order valence-electron chi connectivity index (χ2n) is 13.3. The summed E-state index contributed by atoms with van der Waals surface area (Å²) in [5.74, 6) is -0.778. The first-order valence-electron chi connectivity index (χ1n) is 15.6. The zero-order valence-corrected chi connectivity index (χ0v) is 26.7. The van der Waals surface area contributed by atoms with Crippen LogP contribution in [0, 0.1) is 0 Å². The molecule has 4 aromatic rings. The Labute approximate surface area is 259 Å². The van der Waals surface area contributed by atoms with Gasteiger partial charge in [-0.25, -0.2) is 4.90 Å². The number of benzene rings is 4. The highest BCUT2D eigenvalue weighted by Crippen LogP contribution is 2.47. The Morgan fingerprint density at radius 2 is 0.909 bits per heavy atom. The van der Waals surface area contributed by atoms with Crippen molar-refractivity contribution < 1.29 is 19.5 Å². The fourth-order valence-corrected chi connectivity index (χ4v) is 6.97. The quantitative estimate of drug-likeness (QED) is 0.228. The van der Waals surface area contributed by atoms with E-state index in [2.05, 4.69) is 55.4 Å². The predicted molar refractivity (Wildman–Crippen MR) is 176 cm³/mol. The van der Waals surface area contributed by atoms with Gasteiger partial charge in [-0.3, -0.25) is 19.3 Å². The molecular formula is C38H40N2O4. The first-order valence-corrected chi connectivity index (χ1v) is 15.6. The van der Waals surface area contributed by atoms with E-state index < -0.39 is 18.0 Å². The third-order valence-corrected chi connectivity index (χ3v) is 9.18. The molecule has 0 aliphatic carbocycles. The summed E-state index contributed by atoms with van der Waals surface area (Å²) in [6.45, 7) is 16.5. The van der Waals surface area contributed by atoms with E-state index >= 15 is 0 Å². The summed E-state index contributed by atoms with van der Waals surface area (Å²) in [5, 5.41) is 12.8. The number of rotatable bonds is 6. The Kier molecular flexibility index (Phi) is 7.24. The van der Waals surface area contributed by atoms with Gasteiger partial charge in [0, 0.05) is 33.0 Å². The molecule has 2 aliphatic rings. The first-order chi connectivity index (χ1) is 20.9. The number of anilines is 2. The van der Waals surface area contributed by atoms with Gasteiger partial charge in [0.05, 0.1) is 11.4 Å². The van der Waals surface area contributed by atoms with Crippen LogP contribution in [0.4, 0.5) is 11.4 Å². The van der Waals surface area contributed by atoms with Gasteiger partial charge in [-0.1, -0.05) is 97.9 Å². The SMILES string of the molecule is CC(C)c1cccc(C(C)C)c1N1C(=O)c2ccc3c4c(ccc(c24)C1=O)C(O)N(c1c(C(C)C)cccc1C(C)C)C3=O. The molecule has 1 atom stereocenters. The van der Waals surface area contributed by atoms with E-state index in [1.54, 1.807) is 24.3 Å². The highest BCUT2D eigenvalue weighted by Gasteiger charge is 2.42. The fourth-order valence-electron chi connectivity index (χ4n) is 6.97. The molecule has 226 valence electrons. The number of carbonyl (C=O) groups excluding carboxylic acids is 3. The number of carbonyl (C=O) groups is 3. The second kappa shape index (κ2) is 10.7. The molecule has 0 radical (unpaired) electrons. The molecule has 0 aromatic heterocycles. The number of para-hydroxylation sites is 2. The summed E-state index contributed by atoms with van der Waals surface area (Å²) in [6, 6.07) is 18.8. The molecule has 4 aromatic carbocycles. The van der Waals surface area contributed by atoms with Gasteiger partial charge in [0.15, 0.2) is 6.23 Å². The van der Waals surface area contributed by atoms with Crippen molar-refractivity contribution >= 4 is 39.9 Å². The number of hydrogen-bond acceptors (Lipinski definition) is 4.